The third-order valence-corrected chi connectivity index (χ3v) is 6.10. The Balaban J connectivity index is 1.34. The average molecular weight is 448 g/mol. The van der Waals surface area contributed by atoms with Crippen molar-refractivity contribution in [1.29, 1.82) is 0 Å². The van der Waals surface area contributed by atoms with Crippen LogP contribution in [0.15, 0.2) is 66.7 Å². The van der Waals surface area contributed by atoms with Gasteiger partial charge in [-0.3, -0.25) is 9.69 Å². The minimum atomic E-state index is -1.03. The van der Waals surface area contributed by atoms with Crippen molar-refractivity contribution in [3.8, 4) is 5.75 Å². The highest BCUT2D eigenvalue weighted by atomic mass is 16.5. The lowest BCUT2D eigenvalue weighted by Crippen LogP contribution is -2.52. The summed E-state index contributed by atoms with van der Waals surface area (Å²) in [6, 6.07) is 20.6. The van der Waals surface area contributed by atoms with E-state index in [1.165, 1.54) is 0 Å². The van der Waals surface area contributed by atoms with Crippen LogP contribution in [0.1, 0.15) is 5.56 Å². The Morgan fingerprint density at radius 1 is 0.970 bits per heavy atom. The SMILES string of the molecule is COc1ccccc1N1CCN(CC(=O)N[C@@H](Cc2cccc3ccccc23)C(=O)O)CC1. The summed E-state index contributed by atoms with van der Waals surface area (Å²) < 4.78 is 5.46. The number of nitrogens with zero attached hydrogens (tertiary/aromatic N) is 2. The molecule has 1 heterocycles. The molecule has 0 saturated carbocycles. The standard InChI is InChI=1S/C26H29N3O4/c1-33-24-12-5-4-11-23(24)29-15-13-28(14-16-29)18-25(30)27-22(26(31)32)17-20-9-6-8-19-7-2-3-10-21(19)20/h2-12,22H,13-18H2,1H3,(H,27,30)(H,31,32)/t22-/m0/s1. The first-order valence-electron chi connectivity index (χ1n) is 11.1. The van der Waals surface area contributed by atoms with Crippen molar-refractivity contribution in [3.05, 3.63) is 72.3 Å². The average Bonchev–Trinajstić information content (AvgIpc) is 2.84. The zero-order chi connectivity index (χ0) is 23.2. The van der Waals surface area contributed by atoms with E-state index < -0.39 is 12.0 Å². The van der Waals surface area contributed by atoms with Crippen LogP contribution in [0.2, 0.25) is 0 Å². The van der Waals surface area contributed by atoms with Gasteiger partial charge in [0.15, 0.2) is 0 Å². The number of ether oxygens (including phenoxy) is 1. The largest absolute Gasteiger partial charge is 0.495 e. The first kappa shape index (κ1) is 22.6. The second-order valence-electron chi connectivity index (χ2n) is 8.24. The van der Waals surface area contributed by atoms with E-state index in [0.29, 0.717) is 13.1 Å². The molecule has 1 amide bonds. The van der Waals surface area contributed by atoms with E-state index >= 15 is 0 Å². The molecule has 172 valence electrons. The fourth-order valence-electron chi connectivity index (χ4n) is 4.37. The quantitative estimate of drug-likeness (QED) is 0.553. The van der Waals surface area contributed by atoms with Crippen molar-refractivity contribution in [2.75, 3.05) is 44.7 Å². The van der Waals surface area contributed by atoms with Crippen LogP contribution in [-0.2, 0) is 16.0 Å². The predicted molar refractivity (Wildman–Crippen MR) is 129 cm³/mol. The Labute approximate surface area is 193 Å². The van der Waals surface area contributed by atoms with Crippen LogP contribution in [0, 0.1) is 0 Å². The van der Waals surface area contributed by atoms with Crippen LogP contribution in [-0.4, -0.2) is 67.8 Å². The number of aliphatic carboxylic acids is 1. The Kier molecular flexibility index (Phi) is 7.10. The normalized spacial score (nSPS) is 15.2. The van der Waals surface area contributed by atoms with E-state index in [1.54, 1.807) is 7.11 Å². The zero-order valence-electron chi connectivity index (χ0n) is 18.7. The van der Waals surface area contributed by atoms with Gasteiger partial charge in [0.1, 0.15) is 11.8 Å². The van der Waals surface area contributed by atoms with Gasteiger partial charge in [0, 0.05) is 32.6 Å². The number of rotatable bonds is 8. The first-order chi connectivity index (χ1) is 16.0. The van der Waals surface area contributed by atoms with Crippen molar-refractivity contribution in [1.82, 2.24) is 10.2 Å². The van der Waals surface area contributed by atoms with Crippen LogP contribution >= 0.6 is 0 Å². The fourth-order valence-corrected chi connectivity index (χ4v) is 4.37. The molecule has 1 aliphatic heterocycles. The zero-order valence-corrected chi connectivity index (χ0v) is 18.7. The number of hydrogen-bond donors (Lipinski definition) is 2. The smallest absolute Gasteiger partial charge is 0.326 e. The van der Waals surface area contributed by atoms with Crippen molar-refractivity contribution in [2.24, 2.45) is 0 Å². The molecule has 33 heavy (non-hydrogen) atoms. The third kappa shape index (κ3) is 5.43. The number of methoxy groups -OCH3 is 1. The Hall–Kier alpha value is -3.58. The minimum absolute atomic E-state index is 0.180. The molecule has 1 atom stereocenters. The van der Waals surface area contributed by atoms with E-state index in [2.05, 4.69) is 15.1 Å². The van der Waals surface area contributed by atoms with Gasteiger partial charge in [-0.25, -0.2) is 4.79 Å². The van der Waals surface area contributed by atoms with E-state index in [4.69, 9.17) is 4.74 Å². The van der Waals surface area contributed by atoms with Gasteiger partial charge in [0.05, 0.1) is 19.3 Å². The number of carboxylic acids is 1. The molecule has 0 radical (unpaired) electrons. The maximum absolute atomic E-state index is 12.7. The lowest BCUT2D eigenvalue weighted by Gasteiger charge is -2.36. The van der Waals surface area contributed by atoms with Gasteiger partial charge in [0.2, 0.25) is 5.91 Å². The summed E-state index contributed by atoms with van der Waals surface area (Å²) in [5.41, 5.74) is 1.95. The molecule has 1 saturated heterocycles. The van der Waals surface area contributed by atoms with E-state index in [1.807, 2.05) is 66.7 Å². The van der Waals surface area contributed by atoms with Crippen LogP contribution in [0.4, 0.5) is 5.69 Å². The molecule has 7 heteroatoms. The maximum Gasteiger partial charge on any atom is 0.326 e. The fraction of sp³-hybridized carbons (Fsp3) is 0.308. The summed E-state index contributed by atoms with van der Waals surface area (Å²) in [5.74, 6) is -0.466. The number of hydrogen-bond acceptors (Lipinski definition) is 5. The third-order valence-electron chi connectivity index (χ3n) is 6.10. The molecule has 0 bridgehead atoms. The van der Waals surface area contributed by atoms with Gasteiger partial charge in [-0.05, 0) is 28.5 Å². The lowest BCUT2D eigenvalue weighted by atomic mass is 9.99. The molecule has 3 aromatic rings. The van der Waals surface area contributed by atoms with E-state index in [0.717, 1.165) is 40.9 Å². The molecule has 0 aromatic heterocycles. The highest BCUT2D eigenvalue weighted by molar-refractivity contribution is 5.88. The number of fused-ring (bicyclic) bond motifs is 1. The lowest BCUT2D eigenvalue weighted by molar-refractivity contribution is -0.141. The molecular weight excluding hydrogens is 418 g/mol. The van der Waals surface area contributed by atoms with Gasteiger partial charge in [-0.2, -0.15) is 0 Å². The van der Waals surface area contributed by atoms with Gasteiger partial charge in [-0.1, -0.05) is 54.6 Å². The summed E-state index contributed by atoms with van der Waals surface area (Å²) in [6.07, 6.45) is 0.240. The number of carbonyl (C=O) groups is 2. The Bertz CT molecular complexity index is 1120. The molecule has 2 N–H and O–H groups in total. The number of piperazine rings is 1. The molecule has 1 fully saturated rings. The monoisotopic (exact) mass is 447 g/mol. The van der Waals surface area contributed by atoms with E-state index in [-0.39, 0.29) is 18.9 Å². The molecule has 4 rings (SSSR count). The summed E-state index contributed by atoms with van der Waals surface area (Å²) in [5, 5.41) is 14.5. The van der Waals surface area contributed by atoms with Crippen LogP contribution in [0.3, 0.4) is 0 Å². The van der Waals surface area contributed by atoms with Crippen molar-refractivity contribution in [3.63, 3.8) is 0 Å². The van der Waals surface area contributed by atoms with Crippen LogP contribution in [0.25, 0.3) is 10.8 Å². The van der Waals surface area contributed by atoms with Gasteiger partial charge < -0.3 is 20.1 Å². The molecule has 0 spiro atoms. The molecule has 0 unspecified atom stereocenters. The number of carbonyl (C=O) groups excluding carboxylic acids is 1. The number of para-hydroxylation sites is 2. The second-order valence-corrected chi connectivity index (χ2v) is 8.24. The number of benzene rings is 3. The summed E-state index contributed by atoms with van der Waals surface area (Å²) >= 11 is 0. The van der Waals surface area contributed by atoms with Crippen LogP contribution < -0.4 is 15.0 Å². The summed E-state index contributed by atoms with van der Waals surface area (Å²) in [4.78, 5) is 28.9. The number of amides is 1. The summed E-state index contributed by atoms with van der Waals surface area (Å²) in [6.45, 7) is 3.15. The van der Waals surface area contributed by atoms with Crippen LogP contribution in [0.5, 0.6) is 5.75 Å². The Morgan fingerprint density at radius 3 is 2.42 bits per heavy atom. The molecule has 3 aromatic carbocycles. The topological polar surface area (TPSA) is 82.1 Å². The van der Waals surface area contributed by atoms with Gasteiger partial charge >= 0.3 is 5.97 Å². The molecular formula is C26H29N3O4. The van der Waals surface area contributed by atoms with Gasteiger partial charge in [0.25, 0.3) is 0 Å². The van der Waals surface area contributed by atoms with Gasteiger partial charge in [-0.15, -0.1) is 0 Å². The molecule has 0 aliphatic carbocycles. The predicted octanol–water partition coefficient (Wildman–Crippen LogP) is 2.78. The first-order valence-corrected chi connectivity index (χ1v) is 11.1. The summed E-state index contributed by atoms with van der Waals surface area (Å²) in [7, 11) is 1.66. The minimum Gasteiger partial charge on any atom is -0.495 e. The van der Waals surface area contributed by atoms with E-state index in [9.17, 15) is 14.7 Å². The van der Waals surface area contributed by atoms with Crippen molar-refractivity contribution < 1.29 is 19.4 Å². The number of anilines is 1. The number of nitrogens with one attached hydrogen (secondary N) is 1. The Morgan fingerprint density at radius 2 is 1.67 bits per heavy atom. The second kappa shape index (κ2) is 10.4. The maximum atomic E-state index is 12.7. The highest BCUT2D eigenvalue weighted by Crippen LogP contribution is 2.28. The van der Waals surface area contributed by atoms with Crippen molar-refractivity contribution >= 4 is 28.3 Å². The van der Waals surface area contributed by atoms with Crippen molar-refractivity contribution in [2.45, 2.75) is 12.5 Å². The molecule has 7 nitrogen and oxygen atoms in total. The highest BCUT2D eigenvalue weighted by Gasteiger charge is 2.25. The number of carboxylic acid groups (broad SMARTS) is 1. The molecule has 1 aliphatic rings.